The summed E-state index contributed by atoms with van der Waals surface area (Å²) in [6, 6.07) is 13.4. The smallest absolute Gasteiger partial charge is 0.269 e. The molecule has 1 aliphatic rings. The number of aryl methyl sites for hydroxylation is 1. The van der Waals surface area contributed by atoms with Crippen LogP contribution in [0.5, 0.6) is 0 Å². The molecular formula is C18H17N3O3S. The molecule has 2 aromatic carbocycles. The standard InChI is InChI=1S/C18H17N3O3S/c1-12-4-3-5-15(10-12)19-18-20(11-13(2)25-18)17(22)14-6-8-16(9-7-14)21(23)24/h3-10,13H,11H2,1-2H3/t13-/m1/s1. The molecule has 0 unspecified atom stereocenters. The number of non-ortho nitro benzene ring substituents is 1. The van der Waals surface area contributed by atoms with Crippen molar-refractivity contribution in [3.8, 4) is 0 Å². The van der Waals surface area contributed by atoms with Crippen molar-refractivity contribution in [2.24, 2.45) is 4.99 Å². The maximum atomic E-state index is 12.8. The Morgan fingerprint density at radius 3 is 2.64 bits per heavy atom. The van der Waals surface area contributed by atoms with Gasteiger partial charge < -0.3 is 0 Å². The van der Waals surface area contributed by atoms with E-state index in [9.17, 15) is 14.9 Å². The van der Waals surface area contributed by atoms with Crippen molar-refractivity contribution in [3.63, 3.8) is 0 Å². The maximum Gasteiger partial charge on any atom is 0.269 e. The van der Waals surface area contributed by atoms with Gasteiger partial charge in [0.2, 0.25) is 0 Å². The number of nitrogens with zero attached hydrogens (tertiary/aromatic N) is 3. The topological polar surface area (TPSA) is 75.8 Å². The van der Waals surface area contributed by atoms with Crippen molar-refractivity contribution >= 4 is 34.2 Å². The molecule has 0 aromatic heterocycles. The summed E-state index contributed by atoms with van der Waals surface area (Å²) < 4.78 is 0. The zero-order chi connectivity index (χ0) is 18.0. The molecule has 0 spiro atoms. The number of amidine groups is 1. The van der Waals surface area contributed by atoms with Crippen LogP contribution in [0.2, 0.25) is 0 Å². The van der Waals surface area contributed by atoms with Crippen molar-refractivity contribution in [3.05, 3.63) is 69.8 Å². The highest BCUT2D eigenvalue weighted by Crippen LogP contribution is 2.30. The van der Waals surface area contributed by atoms with Gasteiger partial charge in [-0.2, -0.15) is 0 Å². The lowest BCUT2D eigenvalue weighted by atomic mass is 10.2. The molecule has 1 heterocycles. The first-order chi connectivity index (χ1) is 11.9. The number of amides is 1. The van der Waals surface area contributed by atoms with E-state index in [2.05, 4.69) is 4.99 Å². The number of rotatable bonds is 3. The Kier molecular flexibility index (Phi) is 4.85. The van der Waals surface area contributed by atoms with E-state index in [4.69, 9.17) is 0 Å². The van der Waals surface area contributed by atoms with Crippen LogP contribution in [-0.4, -0.2) is 32.7 Å². The second-order valence-electron chi connectivity index (χ2n) is 5.88. The zero-order valence-corrected chi connectivity index (χ0v) is 14.7. The second kappa shape index (κ2) is 7.06. The highest BCUT2D eigenvalue weighted by Gasteiger charge is 2.31. The van der Waals surface area contributed by atoms with Crippen LogP contribution in [0.25, 0.3) is 0 Å². The summed E-state index contributed by atoms with van der Waals surface area (Å²) in [5, 5.41) is 11.6. The Hall–Kier alpha value is -2.67. The van der Waals surface area contributed by atoms with E-state index in [-0.39, 0.29) is 16.8 Å². The lowest BCUT2D eigenvalue weighted by molar-refractivity contribution is -0.384. The van der Waals surface area contributed by atoms with E-state index >= 15 is 0 Å². The summed E-state index contributed by atoms with van der Waals surface area (Å²) >= 11 is 1.55. The van der Waals surface area contributed by atoms with Gasteiger partial charge in [0.25, 0.3) is 11.6 Å². The Bertz CT molecular complexity index is 849. The van der Waals surface area contributed by atoms with Gasteiger partial charge >= 0.3 is 0 Å². The monoisotopic (exact) mass is 355 g/mol. The molecule has 6 nitrogen and oxygen atoms in total. The molecule has 1 aliphatic heterocycles. The summed E-state index contributed by atoms with van der Waals surface area (Å²) in [6.45, 7) is 4.60. The van der Waals surface area contributed by atoms with E-state index < -0.39 is 4.92 Å². The van der Waals surface area contributed by atoms with Gasteiger partial charge in [-0.1, -0.05) is 30.8 Å². The minimum Gasteiger partial charge on any atom is -0.286 e. The Balaban J connectivity index is 1.88. The molecule has 0 bridgehead atoms. The largest absolute Gasteiger partial charge is 0.286 e. The summed E-state index contributed by atoms with van der Waals surface area (Å²) in [7, 11) is 0. The van der Waals surface area contributed by atoms with E-state index in [0.29, 0.717) is 17.3 Å². The number of carbonyl (C=O) groups excluding carboxylic acids is 1. The number of aliphatic imine (C=N–C) groups is 1. The van der Waals surface area contributed by atoms with Crippen LogP contribution in [0.3, 0.4) is 0 Å². The molecule has 0 radical (unpaired) electrons. The first kappa shape index (κ1) is 17.2. The number of benzene rings is 2. The number of carbonyl (C=O) groups is 1. The molecule has 0 N–H and O–H groups in total. The van der Waals surface area contributed by atoms with Gasteiger partial charge in [0.15, 0.2) is 5.17 Å². The third kappa shape index (κ3) is 3.88. The zero-order valence-electron chi connectivity index (χ0n) is 13.9. The molecule has 128 valence electrons. The van der Waals surface area contributed by atoms with Gasteiger partial charge in [0.1, 0.15) is 0 Å². The second-order valence-corrected chi connectivity index (χ2v) is 7.29. The van der Waals surface area contributed by atoms with Crippen LogP contribution < -0.4 is 0 Å². The molecule has 1 atom stereocenters. The third-order valence-corrected chi connectivity index (χ3v) is 4.85. The lowest BCUT2D eigenvalue weighted by Gasteiger charge is -2.16. The van der Waals surface area contributed by atoms with Crippen LogP contribution in [-0.2, 0) is 0 Å². The third-order valence-electron chi connectivity index (χ3n) is 3.77. The molecule has 1 amide bonds. The SMILES string of the molecule is Cc1cccc(N=C2S[C@H](C)CN2C(=O)c2ccc([N+](=O)[O-])cc2)c1. The van der Waals surface area contributed by atoms with Gasteiger partial charge in [-0.3, -0.25) is 19.8 Å². The van der Waals surface area contributed by atoms with Gasteiger partial charge in [0, 0.05) is 29.5 Å². The average Bonchev–Trinajstić information content (AvgIpc) is 2.94. The first-order valence-electron chi connectivity index (χ1n) is 7.82. The van der Waals surface area contributed by atoms with Crippen molar-refractivity contribution in [2.75, 3.05) is 6.54 Å². The van der Waals surface area contributed by atoms with Gasteiger partial charge in [-0.15, -0.1) is 0 Å². The summed E-state index contributed by atoms with van der Waals surface area (Å²) in [6.07, 6.45) is 0. The van der Waals surface area contributed by atoms with E-state index in [1.54, 1.807) is 16.7 Å². The van der Waals surface area contributed by atoms with E-state index in [1.807, 2.05) is 38.1 Å². The lowest BCUT2D eigenvalue weighted by Crippen LogP contribution is -2.32. The summed E-state index contributed by atoms with van der Waals surface area (Å²) in [5.74, 6) is -0.196. The number of hydrogen-bond acceptors (Lipinski definition) is 5. The summed E-state index contributed by atoms with van der Waals surface area (Å²) in [5.41, 5.74) is 2.29. The quantitative estimate of drug-likeness (QED) is 0.612. The molecule has 1 saturated heterocycles. The molecule has 0 saturated carbocycles. The van der Waals surface area contributed by atoms with Crippen LogP contribution in [0.1, 0.15) is 22.8 Å². The van der Waals surface area contributed by atoms with Crippen LogP contribution in [0.4, 0.5) is 11.4 Å². The fourth-order valence-electron chi connectivity index (χ4n) is 2.56. The van der Waals surface area contributed by atoms with Crippen molar-refractivity contribution in [1.82, 2.24) is 4.90 Å². The Morgan fingerprint density at radius 1 is 1.28 bits per heavy atom. The predicted molar refractivity (Wildman–Crippen MR) is 99.5 cm³/mol. The number of nitro groups is 1. The normalized spacial score (nSPS) is 18.6. The highest BCUT2D eigenvalue weighted by molar-refractivity contribution is 8.14. The van der Waals surface area contributed by atoms with Gasteiger partial charge in [-0.05, 0) is 36.8 Å². The van der Waals surface area contributed by atoms with Gasteiger partial charge in [0.05, 0.1) is 10.6 Å². The Morgan fingerprint density at radius 2 is 2.00 bits per heavy atom. The molecule has 3 rings (SSSR count). The summed E-state index contributed by atoms with van der Waals surface area (Å²) in [4.78, 5) is 29.3. The highest BCUT2D eigenvalue weighted by atomic mass is 32.2. The van der Waals surface area contributed by atoms with Crippen molar-refractivity contribution < 1.29 is 9.72 Å². The fraction of sp³-hybridized carbons (Fsp3) is 0.222. The predicted octanol–water partition coefficient (Wildman–Crippen LogP) is 4.17. The van der Waals surface area contributed by atoms with E-state index in [0.717, 1.165) is 11.3 Å². The van der Waals surface area contributed by atoms with Crippen LogP contribution in [0, 0.1) is 17.0 Å². The van der Waals surface area contributed by atoms with Crippen molar-refractivity contribution in [1.29, 1.82) is 0 Å². The van der Waals surface area contributed by atoms with Crippen LogP contribution >= 0.6 is 11.8 Å². The maximum absolute atomic E-state index is 12.8. The molecule has 1 fully saturated rings. The minimum absolute atomic E-state index is 0.0330. The molecule has 7 heteroatoms. The minimum atomic E-state index is -0.480. The van der Waals surface area contributed by atoms with E-state index in [1.165, 1.54) is 24.3 Å². The molecule has 25 heavy (non-hydrogen) atoms. The number of hydrogen-bond donors (Lipinski definition) is 0. The molecule has 0 aliphatic carbocycles. The Labute approximate surface area is 149 Å². The molecular weight excluding hydrogens is 338 g/mol. The first-order valence-corrected chi connectivity index (χ1v) is 8.70. The van der Waals surface area contributed by atoms with Gasteiger partial charge in [-0.25, -0.2) is 4.99 Å². The fourth-order valence-corrected chi connectivity index (χ4v) is 3.59. The number of nitro benzene ring substituents is 1. The van der Waals surface area contributed by atoms with Crippen molar-refractivity contribution in [2.45, 2.75) is 19.1 Å². The number of thioether (sulfide) groups is 1. The average molecular weight is 355 g/mol. The van der Waals surface area contributed by atoms with Crippen LogP contribution in [0.15, 0.2) is 53.5 Å². The molecule has 2 aromatic rings.